The van der Waals surface area contributed by atoms with Crippen molar-refractivity contribution in [1.82, 2.24) is 0 Å². The molecule has 0 N–H and O–H groups in total. The summed E-state index contributed by atoms with van der Waals surface area (Å²) in [6, 6.07) is 32.2. The van der Waals surface area contributed by atoms with Crippen LogP contribution in [-0.2, 0) is 0 Å². The number of hydrogen-bond donors (Lipinski definition) is 0. The van der Waals surface area contributed by atoms with Gasteiger partial charge in [-0.05, 0) is 159 Å². The first kappa shape index (κ1) is 40.5. The van der Waals surface area contributed by atoms with Gasteiger partial charge in [0.1, 0.15) is 11.5 Å². The van der Waals surface area contributed by atoms with Crippen LogP contribution in [0.25, 0.3) is 0 Å². The number of ether oxygens (including phenoxy) is 2. The van der Waals surface area contributed by atoms with Crippen LogP contribution >= 0.6 is 43.6 Å². The molecule has 5 heteroatoms. The van der Waals surface area contributed by atoms with E-state index >= 15 is 0 Å². The number of rotatable bonds is 16. The monoisotopic (exact) mass is 858 g/mol. The van der Waals surface area contributed by atoms with Crippen LogP contribution in [0.1, 0.15) is 160 Å². The van der Waals surface area contributed by atoms with Crippen molar-refractivity contribution in [2.24, 2.45) is 11.8 Å². The fraction of sp³-hybridized carbons (Fsp3) is 0.500. The van der Waals surface area contributed by atoms with E-state index in [1.165, 1.54) is 119 Å². The van der Waals surface area contributed by atoms with Crippen LogP contribution in [0, 0.1) is 11.8 Å². The van der Waals surface area contributed by atoms with E-state index in [9.17, 15) is 0 Å². The van der Waals surface area contributed by atoms with Crippen LogP contribution in [-0.4, -0.2) is 13.2 Å². The Morgan fingerprint density at radius 2 is 0.906 bits per heavy atom. The molecule has 2 saturated carbocycles. The van der Waals surface area contributed by atoms with E-state index in [1.54, 1.807) is 0 Å². The molecule has 0 aromatic heterocycles. The van der Waals surface area contributed by atoms with Gasteiger partial charge in [0.15, 0.2) is 0 Å². The van der Waals surface area contributed by atoms with Gasteiger partial charge >= 0.3 is 0 Å². The summed E-state index contributed by atoms with van der Waals surface area (Å²) >= 11 is 10.3. The normalized spacial score (nSPS) is 21.5. The molecular weight excluding hydrogens is 800 g/mol. The number of benzene rings is 4. The highest BCUT2D eigenvalue weighted by atomic mass is 79.9. The van der Waals surface area contributed by atoms with Crippen LogP contribution < -0.4 is 9.47 Å². The maximum Gasteiger partial charge on any atom is 0.119 e. The van der Waals surface area contributed by atoms with E-state index < -0.39 is 0 Å². The standard InChI is InChI=1S/C48H60Br2O2S/c1-5-9-33-11-15-35(16-12-33)39-23-29-43(45(49)31-39)47(37-19-25-41(26-20-37)51-7-3)53-48(38-21-27-42(28-22-38)52-8-4)44-30-24-40(32-46(44)50)36-17-13-34(10-6-2)14-18-36/h19-36,47-48H,5-18H2,1-4H3/t33-,34-,35-,36-,47?,48?. The van der Waals surface area contributed by atoms with Gasteiger partial charge in [0.25, 0.3) is 0 Å². The van der Waals surface area contributed by atoms with Crippen molar-refractivity contribution in [3.05, 3.63) is 127 Å². The van der Waals surface area contributed by atoms with Gasteiger partial charge in [-0.25, -0.2) is 0 Å². The van der Waals surface area contributed by atoms with Crippen LogP contribution in [0.15, 0.2) is 93.9 Å². The first-order valence-electron chi connectivity index (χ1n) is 20.6. The summed E-state index contributed by atoms with van der Waals surface area (Å²) in [5, 5.41) is 0.178. The average molecular weight is 861 g/mol. The van der Waals surface area contributed by atoms with Crippen molar-refractivity contribution in [3.8, 4) is 11.5 Å². The van der Waals surface area contributed by atoms with Crippen LogP contribution in [0.4, 0.5) is 0 Å². The molecule has 0 heterocycles. The van der Waals surface area contributed by atoms with Crippen LogP contribution in [0.2, 0.25) is 0 Å². The molecule has 4 aromatic carbocycles. The SMILES string of the molecule is CCC[C@H]1CC[C@H](c2ccc(C(SC(c3ccc(OCC)cc3)c3ccc([C@H]4CC[C@H](CCC)CC4)cc3Br)c3ccc(OCC)cc3)c(Br)c2)CC1. The lowest BCUT2D eigenvalue weighted by atomic mass is 9.77. The third kappa shape index (κ3) is 10.6. The predicted molar refractivity (Wildman–Crippen MR) is 234 cm³/mol. The van der Waals surface area contributed by atoms with Crippen molar-refractivity contribution in [1.29, 1.82) is 0 Å². The molecule has 6 rings (SSSR count). The molecule has 284 valence electrons. The smallest absolute Gasteiger partial charge is 0.119 e. The lowest BCUT2D eigenvalue weighted by Gasteiger charge is -2.31. The summed E-state index contributed by atoms with van der Waals surface area (Å²) < 4.78 is 14.2. The fourth-order valence-corrected chi connectivity index (χ4v) is 12.2. The molecule has 4 aromatic rings. The molecule has 2 aliphatic carbocycles. The fourth-order valence-electron chi connectivity index (χ4n) is 9.02. The zero-order chi connectivity index (χ0) is 37.2. The highest BCUT2D eigenvalue weighted by molar-refractivity contribution is 9.10. The van der Waals surface area contributed by atoms with Crippen LogP contribution in [0.3, 0.4) is 0 Å². The largest absolute Gasteiger partial charge is 0.494 e. The minimum atomic E-state index is 0.0892. The lowest BCUT2D eigenvalue weighted by molar-refractivity contribution is 0.308. The van der Waals surface area contributed by atoms with Crippen molar-refractivity contribution < 1.29 is 9.47 Å². The molecule has 0 bridgehead atoms. The van der Waals surface area contributed by atoms with Gasteiger partial charge in [0.2, 0.25) is 0 Å². The zero-order valence-corrected chi connectivity index (χ0v) is 36.4. The molecule has 2 atom stereocenters. The maximum atomic E-state index is 5.89. The number of thioether (sulfide) groups is 1. The Morgan fingerprint density at radius 1 is 0.528 bits per heavy atom. The predicted octanol–water partition coefficient (Wildman–Crippen LogP) is 15.8. The van der Waals surface area contributed by atoms with E-state index in [0.717, 1.165) is 23.3 Å². The summed E-state index contributed by atoms with van der Waals surface area (Å²) in [5.41, 5.74) is 8.15. The van der Waals surface area contributed by atoms with Gasteiger partial charge in [-0.15, -0.1) is 11.8 Å². The second kappa shape index (κ2) is 20.1. The van der Waals surface area contributed by atoms with E-state index in [-0.39, 0.29) is 10.5 Å². The topological polar surface area (TPSA) is 18.5 Å². The summed E-state index contributed by atoms with van der Waals surface area (Å²) in [4.78, 5) is 0. The van der Waals surface area contributed by atoms with E-state index in [4.69, 9.17) is 9.47 Å². The Balaban J connectivity index is 1.35. The molecular formula is C48H60Br2O2S. The molecule has 2 fully saturated rings. The Morgan fingerprint density at radius 3 is 1.23 bits per heavy atom. The molecule has 2 unspecified atom stereocenters. The van der Waals surface area contributed by atoms with Gasteiger partial charge in [0, 0.05) is 8.95 Å². The van der Waals surface area contributed by atoms with Crippen molar-refractivity contribution in [2.75, 3.05) is 13.2 Å². The highest BCUT2D eigenvalue weighted by Crippen LogP contribution is 2.52. The van der Waals surface area contributed by atoms with Gasteiger partial charge in [0.05, 0.1) is 23.7 Å². The quantitative estimate of drug-likeness (QED) is 0.112. The average Bonchev–Trinajstić information content (AvgIpc) is 3.18. The third-order valence-corrected chi connectivity index (χ3v) is 14.9. The van der Waals surface area contributed by atoms with E-state index in [2.05, 4.69) is 131 Å². The van der Waals surface area contributed by atoms with Crippen molar-refractivity contribution >= 4 is 43.6 Å². The highest BCUT2D eigenvalue weighted by Gasteiger charge is 2.29. The third-order valence-electron chi connectivity index (χ3n) is 11.9. The minimum absolute atomic E-state index is 0.0892. The first-order chi connectivity index (χ1) is 25.9. The van der Waals surface area contributed by atoms with Gasteiger partial charge < -0.3 is 9.47 Å². The molecule has 0 amide bonds. The Hall–Kier alpha value is -2.21. The lowest BCUT2D eigenvalue weighted by Crippen LogP contribution is -2.13. The van der Waals surface area contributed by atoms with Gasteiger partial charge in [-0.2, -0.15) is 0 Å². The minimum Gasteiger partial charge on any atom is -0.494 e. The maximum absolute atomic E-state index is 5.89. The molecule has 0 spiro atoms. The molecule has 2 aliphatic rings. The summed E-state index contributed by atoms with van der Waals surface area (Å²) in [6.45, 7) is 10.1. The second-order valence-corrected chi connectivity index (χ2v) is 18.4. The number of hydrogen-bond acceptors (Lipinski definition) is 3. The molecule has 53 heavy (non-hydrogen) atoms. The van der Waals surface area contributed by atoms with Crippen LogP contribution in [0.5, 0.6) is 11.5 Å². The van der Waals surface area contributed by atoms with E-state index in [0.29, 0.717) is 25.0 Å². The van der Waals surface area contributed by atoms with Gasteiger partial charge in [-0.3, -0.25) is 0 Å². The van der Waals surface area contributed by atoms with Crippen molar-refractivity contribution in [3.63, 3.8) is 0 Å². The Bertz CT molecular complexity index is 1580. The number of halogens is 2. The summed E-state index contributed by atoms with van der Waals surface area (Å²) in [7, 11) is 0. The Labute approximate surface area is 341 Å². The molecule has 0 aliphatic heterocycles. The molecule has 2 nitrogen and oxygen atoms in total. The van der Waals surface area contributed by atoms with Gasteiger partial charge in [-0.1, -0.05) is 120 Å². The summed E-state index contributed by atoms with van der Waals surface area (Å²) in [5.74, 6) is 4.95. The zero-order valence-electron chi connectivity index (χ0n) is 32.4. The van der Waals surface area contributed by atoms with Crippen molar-refractivity contribution in [2.45, 2.75) is 127 Å². The van der Waals surface area contributed by atoms with E-state index in [1.807, 2.05) is 25.6 Å². The molecule has 0 radical (unpaired) electrons. The first-order valence-corrected chi connectivity index (χ1v) is 23.1. The summed E-state index contributed by atoms with van der Waals surface area (Å²) in [6.07, 6.45) is 16.0. The molecule has 0 saturated heterocycles. The second-order valence-electron chi connectivity index (χ2n) is 15.5. The Kier molecular flexibility index (Phi) is 15.3.